The zero-order chi connectivity index (χ0) is 18.1. The largest absolute Gasteiger partial charge is 0.293 e. The maximum atomic E-state index is 4.80. The van der Waals surface area contributed by atoms with Gasteiger partial charge in [-0.05, 0) is 12.1 Å². The van der Waals surface area contributed by atoms with E-state index in [1.807, 2.05) is 54.9 Å². The lowest BCUT2D eigenvalue weighted by Gasteiger charge is -2.27. The molecule has 0 saturated carbocycles. The van der Waals surface area contributed by atoms with Crippen LogP contribution in [0.2, 0.25) is 0 Å². The minimum atomic E-state index is 0.789. The maximum absolute atomic E-state index is 4.80. The molecule has 0 amide bonds. The van der Waals surface area contributed by atoms with E-state index in [4.69, 9.17) is 9.97 Å². The molecular weight excluding hydrogens is 334 g/mol. The second kappa shape index (κ2) is 6.85. The van der Waals surface area contributed by atoms with E-state index in [0.29, 0.717) is 0 Å². The van der Waals surface area contributed by atoms with Crippen molar-refractivity contribution in [3.63, 3.8) is 0 Å². The molecule has 27 heavy (non-hydrogen) atoms. The van der Waals surface area contributed by atoms with E-state index in [0.717, 1.165) is 59.9 Å². The van der Waals surface area contributed by atoms with Crippen molar-refractivity contribution in [1.29, 1.82) is 0 Å². The van der Waals surface area contributed by atoms with Gasteiger partial charge in [-0.15, -0.1) is 0 Å². The monoisotopic (exact) mass is 353 g/mol. The number of hydrogen-bond acceptors (Lipinski definition) is 5. The first-order chi connectivity index (χ1) is 13.3. The van der Waals surface area contributed by atoms with Crippen LogP contribution in [0.5, 0.6) is 0 Å². The topological polar surface area (TPSA) is 54.8 Å². The first-order valence-electron chi connectivity index (χ1n) is 9.18. The molecule has 3 heterocycles. The van der Waals surface area contributed by atoms with Crippen molar-refractivity contribution in [3.8, 4) is 11.4 Å². The van der Waals surface area contributed by atoms with Gasteiger partial charge in [-0.1, -0.05) is 42.5 Å². The Kier molecular flexibility index (Phi) is 4.07. The standard InChI is InChI=1S/C22H19N5/c1-2-6-16(7-3-1)22-24-12-17-14-27(11-10-19(17)26-22)15-18-13-23-20-8-4-5-9-21(20)25-18/h1-9,12-13H,10-11,14-15H2. The summed E-state index contributed by atoms with van der Waals surface area (Å²) < 4.78 is 0. The van der Waals surface area contributed by atoms with Gasteiger partial charge in [-0.2, -0.15) is 0 Å². The Balaban J connectivity index is 1.34. The highest BCUT2D eigenvalue weighted by atomic mass is 15.1. The molecule has 0 fully saturated rings. The molecule has 0 unspecified atom stereocenters. The van der Waals surface area contributed by atoms with Crippen LogP contribution < -0.4 is 0 Å². The summed E-state index contributed by atoms with van der Waals surface area (Å²) in [4.78, 5) is 21.0. The number of benzene rings is 2. The average Bonchev–Trinajstić information content (AvgIpc) is 2.74. The zero-order valence-corrected chi connectivity index (χ0v) is 14.9. The predicted molar refractivity (Wildman–Crippen MR) is 105 cm³/mol. The Morgan fingerprint density at radius 2 is 1.63 bits per heavy atom. The Hall–Kier alpha value is -3.18. The van der Waals surface area contributed by atoms with Crippen molar-refractivity contribution < 1.29 is 0 Å². The van der Waals surface area contributed by atoms with Gasteiger partial charge in [0.2, 0.25) is 0 Å². The fourth-order valence-corrected chi connectivity index (χ4v) is 3.54. The lowest BCUT2D eigenvalue weighted by Crippen LogP contribution is -2.31. The fourth-order valence-electron chi connectivity index (χ4n) is 3.54. The van der Waals surface area contributed by atoms with Crippen LogP contribution in [-0.2, 0) is 19.5 Å². The van der Waals surface area contributed by atoms with Gasteiger partial charge in [0.15, 0.2) is 5.82 Å². The van der Waals surface area contributed by atoms with Crippen LogP contribution >= 0.6 is 0 Å². The molecule has 1 aliphatic rings. The van der Waals surface area contributed by atoms with Gasteiger partial charge in [0, 0.05) is 43.4 Å². The molecule has 5 nitrogen and oxygen atoms in total. The molecule has 2 aromatic heterocycles. The summed E-state index contributed by atoms with van der Waals surface area (Å²) in [5.41, 5.74) is 6.31. The Morgan fingerprint density at radius 3 is 2.52 bits per heavy atom. The lowest BCUT2D eigenvalue weighted by molar-refractivity contribution is 0.240. The van der Waals surface area contributed by atoms with Crippen LogP contribution in [0.1, 0.15) is 17.0 Å². The Bertz CT molecular complexity index is 1090. The molecular formula is C22H19N5. The lowest BCUT2D eigenvalue weighted by atomic mass is 10.1. The van der Waals surface area contributed by atoms with E-state index in [2.05, 4.69) is 27.0 Å². The highest BCUT2D eigenvalue weighted by molar-refractivity contribution is 5.73. The van der Waals surface area contributed by atoms with Gasteiger partial charge < -0.3 is 0 Å². The fraction of sp³-hybridized carbons (Fsp3) is 0.182. The third kappa shape index (κ3) is 3.29. The van der Waals surface area contributed by atoms with Gasteiger partial charge in [0.1, 0.15) is 0 Å². The van der Waals surface area contributed by atoms with Crippen molar-refractivity contribution in [2.75, 3.05) is 6.54 Å². The zero-order valence-electron chi connectivity index (χ0n) is 14.9. The molecule has 5 heteroatoms. The summed E-state index contributed by atoms with van der Waals surface area (Å²) in [6.07, 6.45) is 4.79. The molecule has 4 aromatic rings. The van der Waals surface area contributed by atoms with Crippen LogP contribution in [0.15, 0.2) is 67.0 Å². The van der Waals surface area contributed by atoms with Crippen LogP contribution in [0.4, 0.5) is 0 Å². The molecule has 0 radical (unpaired) electrons. The number of fused-ring (bicyclic) bond motifs is 2. The van der Waals surface area contributed by atoms with Gasteiger partial charge in [0.05, 0.1) is 28.6 Å². The minimum absolute atomic E-state index is 0.789. The van der Waals surface area contributed by atoms with Crippen LogP contribution in [-0.4, -0.2) is 31.4 Å². The smallest absolute Gasteiger partial charge is 0.159 e. The average molecular weight is 353 g/mol. The van der Waals surface area contributed by atoms with Crippen molar-refractivity contribution in [3.05, 3.63) is 83.9 Å². The highest BCUT2D eigenvalue weighted by Crippen LogP contribution is 2.22. The molecule has 0 saturated heterocycles. The van der Waals surface area contributed by atoms with Gasteiger partial charge in [0.25, 0.3) is 0 Å². The first kappa shape index (κ1) is 16.0. The summed E-state index contributed by atoms with van der Waals surface area (Å²) in [5.74, 6) is 0.809. The van der Waals surface area contributed by atoms with Crippen molar-refractivity contribution in [2.45, 2.75) is 19.5 Å². The third-order valence-electron chi connectivity index (χ3n) is 4.93. The van der Waals surface area contributed by atoms with E-state index in [1.165, 1.54) is 5.56 Å². The van der Waals surface area contributed by atoms with E-state index >= 15 is 0 Å². The molecule has 0 N–H and O–H groups in total. The summed E-state index contributed by atoms with van der Waals surface area (Å²) in [7, 11) is 0. The molecule has 132 valence electrons. The van der Waals surface area contributed by atoms with E-state index < -0.39 is 0 Å². The summed E-state index contributed by atoms with van der Waals surface area (Å²) in [6.45, 7) is 2.60. The van der Waals surface area contributed by atoms with E-state index in [9.17, 15) is 0 Å². The first-order valence-corrected chi connectivity index (χ1v) is 9.18. The second-order valence-electron chi connectivity index (χ2n) is 6.84. The maximum Gasteiger partial charge on any atom is 0.159 e. The highest BCUT2D eigenvalue weighted by Gasteiger charge is 2.19. The van der Waals surface area contributed by atoms with E-state index in [-0.39, 0.29) is 0 Å². The number of rotatable bonds is 3. The number of aromatic nitrogens is 4. The summed E-state index contributed by atoms with van der Waals surface area (Å²) in [5, 5.41) is 0. The second-order valence-corrected chi connectivity index (χ2v) is 6.84. The summed E-state index contributed by atoms with van der Waals surface area (Å²) in [6, 6.07) is 18.1. The molecule has 5 rings (SSSR count). The Morgan fingerprint density at radius 1 is 0.815 bits per heavy atom. The number of para-hydroxylation sites is 2. The van der Waals surface area contributed by atoms with Crippen molar-refractivity contribution >= 4 is 11.0 Å². The molecule has 0 atom stereocenters. The molecule has 1 aliphatic heterocycles. The van der Waals surface area contributed by atoms with Crippen LogP contribution in [0, 0.1) is 0 Å². The van der Waals surface area contributed by atoms with Gasteiger partial charge >= 0.3 is 0 Å². The van der Waals surface area contributed by atoms with Gasteiger partial charge in [-0.3, -0.25) is 9.88 Å². The molecule has 0 bridgehead atoms. The third-order valence-corrected chi connectivity index (χ3v) is 4.93. The Labute approximate surface area is 157 Å². The number of nitrogens with zero attached hydrogens (tertiary/aromatic N) is 5. The normalized spacial score (nSPS) is 14.2. The molecule has 0 spiro atoms. The van der Waals surface area contributed by atoms with E-state index in [1.54, 1.807) is 0 Å². The number of hydrogen-bond donors (Lipinski definition) is 0. The molecule has 0 aliphatic carbocycles. The SMILES string of the molecule is c1ccc(-c2ncc3c(n2)CCN(Cc2cnc4ccccc4n2)C3)cc1. The van der Waals surface area contributed by atoms with Gasteiger partial charge in [-0.25, -0.2) is 15.0 Å². The summed E-state index contributed by atoms with van der Waals surface area (Å²) >= 11 is 0. The van der Waals surface area contributed by atoms with Crippen molar-refractivity contribution in [1.82, 2.24) is 24.8 Å². The quantitative estimate of drug-likeness (QED) is 0.563. The minimum Gasteiger partial charge on any atom is -0.293 e. The molecule has 2 aromatic carbocycles. The van der Waals surface area contributed by atoms with Crippen LogP contribution in [0.3, 0.4) is 0 Å². The van der Waals surface area contributed by atoms with Crippen molar-refractivity contribution in [2.24, 2.45) is 0 Å². The predicted octanol–water partition coefficient (Wildman–Crippen LogP) is 3.65. The van der Waals surface area contributed by atoms with Crippen LogP contribution in [0.25, 0.3) is 22.4 Å².